The Balaban J connectivity index is 1.54. The lowest BCUT2D eigenvalue weighted by atomic mass is 10.0. The van der Waals surface area contributed by atoms with Gasteiger partial charge in [-0.05, 0) is 37.1 Å². The summed E-state index contributed by atoms with van der Waals surface area (Å²) in [5.74, 6) is 5.81. The summed E-state index contributed by atoms with van der Waals surface area (Å²) in [7, 11) is -3.27. The number of nitrogens with zero attached hydrogens (tertiary/aromatic N) is 1. The Labute approximate surface area is 149 Å². The Morgan fingerprint density at radius 3 is 2.52 bits per heavy atom. The van der Waals surface area contributed by atoms with E-state index in [0.29, 0.717) is 13.1 Å². The normalized spacial score (nSPS) is 18.6. The largest absolute Gasteiger partial charge is 0.336 e. The maximum absolute atomic E-state index is 12.2. The molecule has 6 nitrogen and oxygen atoms in total. The van der Waals surface area contributed by atoms with Gasteiger partial charge in [-0.15, -0.1) is 0 Å². The third-order valence-electron chi connectivity index (χ3n) is 4.62. The molecule has 1 aromatic rings. The molecule has 0 atom stereocenters. The summed E-state index contributed by atoms with van der Waals surface area (Å²) in [5, 5.41) is 2.49. The molecule has 134 valence electrons. The van der Waals surface area contributed by atoms with Crippen molar-refractivity contribution in [2.45, 2.75) is 37.4 Å². The van der Waals surface area contributed by atoms with Gasteiger partial charge in [-0.2, -0.15) is 0 Å². The minimum atomic E-state index is -3.27. The topological polar surface area (TPSA) is 78.5 Å². The molecular formula is C18H23N3O3S. The highest BCUT2D eigenvalue weighted by atomic mass is 32.2. The first-order chi connectivity index (χ1) is 12.1. The zero-order valence-corrected chi connectivity index (χ0v) is 14.9. The van der Waals surface area contributed by atoms with Crippen molar-refractivity contribution in [1.82, 2.24) is 10.0 Å². The van der Waals surface area contributed by atoms with Crippen molar-refractivity contribution in [1.29, 1.82) is 0 Å². The highest BCUT2D eigenvalue weighted by Crippen LogP contribution is 2.22. The molecule has 2 fully saturated rings. The molecule has 0 spiro atoms. The predicted octanol–water partition coefficient (Wildman–Crippen LogP) is 1.82. The van der Waals surface area contributed by atoms with Gasteiger partial charge in [-0.3, -0.25) is 4.90 Å². The molecule has 7 heteroatoms. The van der Waals surface area contributed by atoms with Crippen LogP contribution < -0.4 is 14.9 Å². The van der Waals surface area contributed by atoms with E-state index in [4.69, 9.17) is 0 Å². The molecule has 0 radical (unpaired) electrons. The number of anilines is 1. The van der Waals surface area contributed by atoms with Crippen LogP contribution >= 0.6 is 0 Å². The number of carbonyl (C=O) groups excluding carboxylic acids is 1. The van der Waals surface area contributed by atoms with Crippen LogP contribution in [0.5, 0.6) is 0 Å². The molecule has 2 N–H and O–H groups in total. The minimum absolute atomic E-state index is 0.0871. The predicted molar refractivity (Wildman–Crippen MR) is 97.9 cm³/mol. The number of carbonyl (C=O) groups is 1. The third kappa shape index (κ3) is 4.53. The molecule has 2 amide bonds. The monoisotopic (exact) mass is 361 g/mol. The Bertz CT molecular complexity index is 772. The van der Waals surface area contributed by atoms with Gasteiger partial charge in [0.05, 0.1) is 11.8 Å². The Hall–Kier alpha value is -2.04. The van der Waals surface area contributed by atoms with Crippen molar-refractivity contribution in [2.75, 3.05) is 24.5 Å². The number of sulfonamides is 1. The lowest BCUT2D eigenvalue weighted by Gasteiger charge is -2.21. The van der Waals surface area contributed by atoms with Crippen LogP contribution in [0.1, 0.15) is 37.7 Å². The number of hydrogen-bond acceptors (Lipinski definition) is 3. The van der Waals surface area contributed by atoms with Gasteiger partial charge in [0.15, 0.2) is 0 Å². The highest BCUT2D eigenvalue weighted by Gasteiger charge is 2.26. The van der Waals surface area contributed by atoms with Crippen LogP contribution in [0.3, 0.4) is 0 Å². The van der Waals surface area contributed by atoms with E-state index in [1.165, 1.54) is 0 Å². The number of nitrogens with one attached hydrogen (secondary N) is 2. The summed E-state index contributed by atoms with van der Waals surface area (Å²) in [6.45, 7) is 1.43. The number of benzene rings is 1. The summed E-state index contributed by atoms with van der Waals surface area (Å²) in [6, 6.07) is 7.28. The standard InChI is InChI=1S/C18H23N3O3S/c22-18-19-13-14-21(18)16-10-8-15(9-11-16)5-4-12-20-25(23,24)17-6-2-1-3-7-17/h8-11,17,20H,1-3,6-7,12-14H2,(H,19,22). The maximum atomic E-state index is 12.2. The van der Waals surface area contributed by atoms with E-state index in [2.05, 4.69) is 21.9 Å². The van der Waals surface area contributed by atoms with Crippen molar-refractivity contribution in [3.05, 3.63) is 29.8 Å². The number of hydrogen-bond donors (Lipinski definition) is 2. The van der Waals surface area contributed by atoms with Crippen LogP contribution in [-0.4, -0.2) is 39.3 Å². The summed E-state index contributed by atoms with van der Waals surface area (Å²) in [5.41, 5.74) is 1.62. The van der Waals surface area contributed by atoms with Gasteiger partial charge < -0.3 is 5.32 Å². The molecule has 0 aromatic heterocycles. The molecule has 3 rings (SSSR count). The maximum Gasteiger partial charge on any atom is 0.321 e. The third-order valence-corrected chi connectivity index (χ3v) is 6.52. The summed E-state index contributed by atoms with van der Waals surface area (Å²) >= 11 is 0. The first kappa shape index (κ1) is 17.8. The van der Waals surface area contributed by atoms with E-state index in [9.17, 15) is 13.2 Å². The van der Waals surface area contributed by atoms with Gasteiger partial charge in [0, 0.05) is 24.3 Å². The first-order valence-corrected chi connectivity index (χ1v) is 10.2. The second-order valence-corrected chi connectivity index (χ2v) is 8.40. The molecule has 1 heterocycles. The van der Waals surface area contributed by atoms with Gasteiger partial charge in [0.2, 0.25) is 10.0 Å². The molecule has 0 unspecified atom stereocenters. The fourth-order valence-corrected chi connectivity index (χ4v) is 4.68. The number of rotatable bonds is 4. The van der Waals surface area contributed by atoms with E-state index < -0.39 is 10.0 Å². The summed E-state index contributed by atoms with van der Waals surface area (Å²) in [4.78, 5) is 13.3. The smallest absolute Gasteiger partial charge is 0.321 e. The minimum Gasteiger partial charge on any atom is -0.336 e. The summed E-state index contributed by atoms with van der Waals surface area (Å²) in [6.07, 6.45) is 4.58. The average Bonchev–Trinajstić information content (AvgIpc) is 3.06. The molecule has 1 aromatic carbocycles. The molecule has 0 bridgehead atoms. The SMILES string of the molecule is O=C1NCCN1c1ccc(C#CCNS(=O)(=O)C2CCCCC2)cc1. The molecule has 1 aliphatic carbocycles. The number of urea groups is 1. The Morgan fingerprint density at radius 1 is 1.16 bits per heavy atom. The van der Waals surface area contributed by atoms with Crippen molar-refractivity contribution in [3.63, 3.8) is 0 Å². The van der Waals surface area contributed by atoms with Crippen LogP contribution in [0.4, 0.5) is 10.5 Å². The van der Waals surface area contributed by atoms with Gasteiger partial charge in [-0.1, -0.05) is 31.1 Å². The second-order valence-electron chi connectivity index (χ2n) is 6.36. The van der Waals surface area contributed by atoms with Crippen molar-refractivity contribution in [2.24, 2.45) is 0 Å². The molecule has 25 heavy (non-hydrogen) atoms. The van der Waals surface area contributed by atoms with Crippen molar-refractivity contribution < 1.29 is 13.2 Å². The van der Waals surface area contributed by atoms with Gasteiger partial charge in [-0.25, -0.2) is 17.9 Å². The van der Waals surface area contributed by atoms with Gasteiger partial charge in [0.25, 0.3) is 0 Å². The van der Waals surface area contributed by atoms with E-state index in [1.54, 1.807) is 4.90 Å². The van der Waals surface area contributed by atoms with Gasteiger partial charge >= 0.3 is 6.03 Å². The molecule has 1 saturated carbocycles. The number of amides is 2. The van der Waals surface area contributed by atoms with E-state index in [0.717, 1.165) is 43.4 Å². The Morgan fingerprint density at radius 2 is 1.88 bits per heavy atom. The van der Waals surface area contributed by atoms with Crippen LogP contribution in [0.25, 0.3) is 0 Å². The van der Waals surface area contributed by atoms with Crippen LogP contribution in [0.2, 0.25) is 0 Å². The first-order valence-electron chi connectivity index (χ1n) is 8.69. The lowest BCUT2D eigenvalue weighted by Crippen LogP contribution is -2.35. The van der Waals surface area contributed by atoms with E-state index >= 15 is 0 Å². The zero-order chi connectivity index (χ0) is 17.7. The van der Waals surface area contributed by atoms with E-state index in [-0.39, 0.29) is 17.8 Å². The fourth-order valence-electron chi connectivity index (χ4n) is 3.22. The lowest BCUT2D eigenvalue weighted by molar-refractivity contribution is 0.252. The average molecular weight is 361 g/mol. The molecular weight excluding hydrogens is 338 g/mol. The van der Waals surface area contributed by atoms with E-state index in [1.807, 2.05) is 24.3 Å². The fraction of sp³-hybridized carbons (Fsp3) is 0.500. The summed E-state index contributed by atoms with van der Waals surface area (Å²) < 4.78 is 27.0. The molecule has 1 aliphatic heterocycles. The van der Waals surface area contributed by atoms with Gasteiger partial charge in [0.1, 0.15) is 0 Å². The zero-order valence-electron chi connectivity index (χ0n) is 14.1. The quantitative estimate of drug-likeness (QED) is 0.803. The molecule has 1 saturated heterocycles. The second kappa shape index (κ2) is 7.89. The van der Waals surface area contributed by atoms with Crippen LogP contribution in [-0.2, 0) is 10.0 Å². The van der Waals surface area contributed by atoms with Crippen LogP contribution in [0, 0.1) is 11.8 Å². The highest BCUT2D eigenvalue weighted by molar-refractivity contribution is 7.90. The van der Waals surface area contributed by atoms with Crippen molar-refractivity contribution in [3.8, 4) is 11.8 Å². The molecule has 2 aliphatic rings. The Kier molecular flexibility index (Phi) is 5.61. The van der Waals surface area contributed by atoms with Crippen LogP contribution in [0.15, 0.2) is 24.3 Å². The van der Waals surface area contributed by atoms with Crippen molar-refractivity contribution >= 4 is 21.7 Å².